The maximum absolute atomic E-state index is 12.6. The Hall–Kier alpha value is -3.05. The lowest BCUT2D eigenvalue weighted by atomic mass is 10.2. The maximum atomic E-state index is 12.6. The average molecular weight is 434 g/mol. The SMILES string of the molecule is O=C(c1ccc(OCC(F)(F)F)nc1)N1CCN(c2ccc(C(F)(F)F)cn2)CC1. The number of aromatic nitrogens is 2. The summed E-state index contributed by atoms with van der Waals surface area (Å²) in [5, 5.41) is 0. The quantitative estimate of drug-likeness (QED) is 0.691. The first kappa shape index (κ1) is 21.7. The lowest BCUT2D eigenvalue weighted by molar-refractivity contribution is -0.154. The highest BCUT2D eigenvalue weighted by atomic mass is 19.4. The molecular weight excluding hydrogens is 418 g/mol. The molecule has 0 bridgehead atoms. The van der Waals surface area contributed by atoms with Crippen molar-refractivity contribution < 1.29 is 35.9 Å². The van der Waals surface area contributed by atoms with Crippen LogP contribution in [0.4, 0.5) is 32.2 Å². The number of hydrogen-bond donors (Lipinski definition) is 0. The van der Waals surface area contributed by atoms with Crippen LogP contribution in [0.15, 0.2) is 36.7 Å². The zero-order chi connectivity index (χ0) is 21.9. The van der Waals surface area contributed by atoms with Crippen LogP contribution in [0.5, 0.6) is 5.88 Å². The van der Waals surface area contributed by atoms with E-state index in [0.29, 0.717) is 32.0 Å². The molecule has 0 aliphatic carbocycles. The molecule has 1 aliphatic heterocycles. The molecule has 0 spiro atoms. The molecule has 2 aromatic rings. The number of anilines is 1. The van der Waals surface area contributed by atoms with Crippen molar-refractivity contribution in [3.8, 4) is 5.88 Å². The molecule has 0 aromatic carbocycles. The van der Waals surface area contributed by atoms with Gasteiger partial charge in [0, 0.05) is 44.6 Å². The second-order valence-electron chi connectivity index (χ2n) is 6.47. The molecule has 1 amide bonds. The highest BCUT2D eigenvalue weighted by Crippen LogP contribution is 2.29. The third-order valence-corrected chi connectivity index (χ3v) is 4.33. The van der Waals surface area contributed by atoms with E-state index in [1.807, 2.05) is 0 Å². The number of pyridine rings is 2. The minimum absolute atomic E-state index is 0.190. The molecule has 6 nitrogen and oxygen atoms in total. The maximum Gasteiger partial charge on any atom is 0.422 e. The van der Waals surface area contributed by atoms with Gasteiger partial charge in [-0.25, -0.2) is 9.97 Å². The van der Waals surface area contributed by atoms with Gasteiger partial charge in [0.1, 0.15) is 5.82 Å². The molecule has 1 saturated heterocycles. The predicted molar refractivity (Wildman–Crippen MR) is 93.1 cm³/mol. The summed E-state index contributed by atoms with van der Waals surface area (Å²) >= 11 is 0. The number of amides is 1. The van der Waals surface area contributed by atoms with E-state index >= 15 is 0 Å². The summed E-state index contributed by atoms with van der Waals surface area (Å²) < 4.78 is 78.8. The number of ether oxygens (including phenoxy) is 1. The average Bonchev–Trinajstić information content (AvgIpc) is 2.71. The summed E-state index contributed by atoms with van der Waals surface area (Å²) in [6.07, 6.45) is -7.05. The van der Waals surface area contributed by atoms with Gasteiger partial charge in [0.05, 0.1) is 11.1 Å². The van der Waals surface area contributed by atoms with Gasteiger partial charge in [-0.05, 0) is 18.2 Å². The highest BCUT2D eigenvalue weighted by Gasteiger charge is 2.31. The van der Waals surface area contributed by atoms with Crippen LogP contribution in [0.2, 0.25) is 0 Å². The van der Waals surface area contributed by atoms with Crippen LogP contribution in [0.25, 0.3) is 0 Å². The Labute approximate surface area is 167 Å². The molecule has 2 aromatic heterocycles. The zero-order valence-corrected chi connectivity index (χ0v) is 15.4. The van der Waals surface area contributed by atoms with Crippen LogP contribution in [-0.2, 0) is 6.18 Å². The second-order valence-corrected chi connectivity index (χ2v) is 6.47. The van der Waals surface area contributed by atoms with E-state index in [1.165, 1.54) is 23.1 Å². The number of carbonyl (C=O) groups excluding carboxylic acids is 1. The minimum atomic E-state index is -4.49. The summed E-state index contributed by atoms with van der Waals surface area (Å²) in [5.41, 5.74) is -0.648. The van der Waals surface area contributed by atoms with Gasteiger partial charge in [0.25, 0.3) is 5.91 Å². The van der Waals surface area contributed by atoms with Gasteiger partial charge in [-0.2, -0.15) is 26.3 Å². The molecule has 0 saturated carbocycles. The van der Waals surface area contributed by atoms with Crippen LogP contribution < -0.4 is 9.64 Å². The third kappa shape index (κ3) is 5.51. The van der Waals surface area contributed by atoms with Crippen LogP contribution in [-0.4, -0.2) is 59.7 Å². The number of carbonyl (C=O) groups is 1. The number of rotatable bonds is 4. The Bertz CT molecular complexity index is 860. The smallest absolute Gasteiger partial charge is 0.422 e. The molecule has 1 aliphatic rings. The number of alkyl halides is 6. The molecular formula is C18H16F6N4O2. The van der Waals surface area contributed by atoms with Crippen LogP contribution in [0.1, 0.15) is 15.9 Å². The van der Waals surface area contributed by atoms with Crippen molar-refractivity contribution in [2.45, 2.75) is 12.4 Å². The van der Waals surface area contributed by atoms with E-state index in [4.69, 9.17) is 0 Å². The molecule has 3 rings (SSSR count). The van der Waals surface area contributed by atoms with Crippen molar-refractivity contribution in [2.24, 2.45) is 0 Å². The van der Waals surface area contributed by atoms with E-state index in [9.17, 15) is 31.1 Å². The Morgan fingerprint density at radius 3 is 2.13 bits per heavy atom. The van der Waals surface area contributed by atoms with Gasteiger partial charge in [0.15, 0.2) is 6.61 Å². The molecule has 0 atom stereocenters. The summed E-state index contributed by atoms with van der Waals surface area (Å²) in [6.45, 7) is -0.149. The van der Waals surface area contributed by atoms with E-state index in [0.717, 1.165) is 18.5 Å². The largest absolute Gasteiger partial charge is 0.468 e. The standard InChI is InChI=1S/C18H16F6N4O2/c19-17(20,21)11-30-15-4-1-12(9-26-15)16(29)28-7-5-27(6-8-28)14-3-2-13(10-25-14)18(22,23)24/h1-4,9-10H,5-8,11H2. The Kier molecular flexibility index (Phi) is 6.04. The summed E-state index contributed by atoms with van der Waals surface area (Å²) in [5.74, 6) is -0.227. The number of hydrogen-bond acceptors (Lipinski definition) is 5. The fraction of sp³-hybridized carbons (Fsp3) is 0.389. The van der Waals surface area contributed by atoms with Crippen molar-refractivity contribution in [2.75, 3.05) is 37.7 Å². The van der Waals surface area contributed by atoms with Gasteiger partial charge < -0.3 is 14.5 Å². The normalized spacial score (nSPS) is 15.3. The number of nitrogens with zero attached hydrogens (tertiary/aromatic N) is 4. The molecule has 0 radical (unpaired) electrons. The van der Waals surface area contributed by atoms with Gasteiger partial charge in [0.2, 0.25) is 5.88 Å². The summed E-state index contributed by atoms with van der Waals surface area (Å²) in [7, 11) is 0. The predicted octanol–water partition coefficient (Wildman–Crippen LogP) is 3.40. The fourth-order valence-electron chi connectivity index (χ4n) is 2.81. The Morgan fingerprint density at radius 1 is 0.933 bits per heavy atom. The first-order valence-corrected chi connectivity index (χ1v) is 8.76. The van der Waals surface area contributed by atoms with E-state index in [2.05, 4.69) is 14.7 Å². The van der Waals surface area contributed by atoms with Gasteiger partial charge in [-0.1, -0.05) is 0 Å². The number of halogens is 6. The topological polar surface area (TPSA) is 58.6 Å². The molecule has 12 heteroatoms. The van der Waals surface area contributed by atoms with Gasteiger partial charge in [-0.3, -0.25) is 4.79 Å². The molecule has 30 heavy (non-hydrogen) atoms. The summed E-state index contributed by atoms with van der Waals surface area (Å²) in [6, 6.07) is 4.74. The molecule has 0 unspecified atom stereocenters. The first-order chi connectivity index (χ1) is 14.0. The van der Waals surface area contributed by atoms with Crippen LogP contribution in [0, 0.1) is 0 Å². The monoisotopic (exact) mass is 434 g/mol. The Morgan fingerprint density at radius 2 is 1.63 bits per heavy atom. The molecule has 0 N–H and O–H groups in total. The van der Waals surface area contributed by atoms with Crippen molar-refractivity contribution in [1.29, 1.82) is 0 Å². The summed E-state index contributed by atoms with van der Waals surface area (Å²) in [4.78, 5) is 23.4. The first-order valence-electron chi connectivity index (χ1n) is 8.76. The number of piperazine rings is 1. The van der Waals surface area contributed by atoms with E-state index in [-0.39, 0.29) is 17.4 Å². The molecule has 1 fully saturated rings. The van der Waals surface area contributed by atoms with Crippen molar-refractivity contribution in [3.63, 3.8) is 0 Å². The van der Waals surface area contributed by atoms with Crippen molar-refractivity contribution >= 4 is 11.7 Å². The van der Waals surface area contributed by atoms with Gasteiger partial charge in [-0.15, -0.1) is 0 Å². The Balaban J connectivity index is 1.55. The minimum Gasteiger partial charge on any atom is -0.468 e. The highest BCUT2D eigenvalue weighted by molar-refractivity contribution is 5.94. The molecule has 162 valence electrons. The fourth-order valence-corrected chi connectivity index (χ4v) is 2.81. The lowest BCUT2D eigenvalue weighted by Crippen LogP contribution is -2.49. The van der Waals surface area contributed by atoms with Crippen LogP contribution in [0.3, 0.4) is 0 Å². The zero-order valence-electron chi connectivity index (χ0n) is 15.4. The lowest BCUT2D eigenvalue weighted by Gasteiger charge is -2.35. The van der Waals surface area contributed by atoms with E-state index in [1.54, 1.807) is 4.90 Å². The van der Waals surface area contributed by atoms with Gasteiger partial charge >= 0.3 is 12.4 Å². The molecule has 3 heterocycles. The second kappa shape index (κ2) is 8.36. The van der Waals surface area contributed by atoms with Crippen molar-refractivity contribution in [3.05, 3.63) is 47.8 Å². The van der Waals surface area contributed by atoms with Crippen molar-refractivity contribution in [1.82, 2.24) is 14.9 Å². The third-order valence-electron chi connectivity index (χ3n) is 4.33. The van der Waals surface area contributed by atoms with Crippen LogP contribution >= 0.6 is 0 Å². The van der Waals surface area contributed by atoms with E-state index < -0.39 is 24.5 Å².